The van der Waals surface area contributed by atoms with E-state index in [0.717, 1.165) is 30.9 Å². The third kappa shape index (κ3) is 6.41. The maximum Gasteiger partial charge on any atom is 0.321 e. The number of piperazine rings is 1. The van der Waals surface area contributed by atoms with Crippen molar-refractivity contribution in [3.05, 3.63) is 65.7 Å². The van der Waals surface area contributed by atoms with Crippen molar-refractivity contribution in [2.45, 2.75) is 37.8 Å². The summed E-state index contributed by atoms with van der Waals surface area (Å²) in [5.41, 5.74) is 3.03. The van der Waals surface area contributed by atoms with Crippen molar-refractivity contribution in [3.8, 4) is 0 Å². The van der Waals surface area contributed by atoms with Crippen molar-refractivity contribution in [1.82, 2.24) is 9.80 Å². The predicted molar refractivity (Wildman–Crippen MR) is 120 cm³/mol. The SMILES string of the molecule is CC(C)(C)S(=O)Cc1cccc(NC(=O)N2CCN(Cc3ccccc3)CC2)c1. The summed E-state index contributed by atoms with van der Waals surface area (Å²) in [5, 5.41) is 3.00. The molecule has 5 nitrogen and oxygen atoms in total. The lowest BCUT2D eigenvalue weighted by Gasteiger charge is -2.34. The van der Waals surface area contributed by atoms with E-state index >= 15 is 0 Å². The first-order valence-corrected chi connectivity index (χ1v) is 11.4. The van der Waals surface area contributed by atoms with Gasteiger partial charge in [0.25, 0.3) is 0 Å². The molecule has 156 valence electrons. The fourth-order valence-electron chi connectivity index (χ4n) is 3.26. The molecular formula is C23H31N3O2S. The van der Waals surface area contributed by atoms with Crippen LogP contribution in [0.15, 0.2) is 54.6 Å². The van der Waals surface area contributed by atoms with Gasteiger partial charge in [-0.05, 0) is 44.0 Å². The summed E-state index contributed by atoms with van der Waals surface area (Å²) < 4.78 is 12.1. The number of rotatable bonds is 5. The molecular weight excluding hydrogens is 382 g/mol. The van der Waals surface area contributed by atoms with Crippen LogP contribution in [0.3, 0.4) is 0 Å². The van der Waals surface area contributed by atoms with Gasteiger partial charge in [0, 0.05) is 59.7 Å². The van der Waals surface area contributed by atoms with Gasteiger partial charge in [0.2, 0.25) is 0 Å². The zero-order valence-electron chi connectivity index (χ0n) is 17.6. The highest BCUT2D eigenvalue weighted by Crippen LogP contribution is 2.19. The molecule has 0 saturated carbocycles. The number of nitrogens with zero attached hydrogens (tertiary/aromatic N) is 2. The van der Waals surface area contributed by atoms with Gasteiger partial charge >= 0.3 is 6.03 Å². The van der Waals surface area contributed by atoms with E-state index in [1.807, 2.05) is 56.0 Å². The highest BCUT2D eigenvalue weighted by Gasteiger charge is 2.22. The van der Waals surface area contributed by atoms with Gasteiger partial charge in [-0.1, -0.05) is 42.5 Å². The van der Waals surface area contributed by atoms with Gasteiger partial charge in [-0.25, -0.2) is 4.79 Å². The van der Waals surface area contributed by atoms with Crippen molar-refractivity contribution in [2.24, 2.45) is 0 Å². The molecule has 1 aliphatic heterocycles. The molecule has 3 rings (SSSR count). The van der Waals surface area contributed by atoms with E-state index in [0.29, 0.717) is 18.8 Å². The van der Waals surface area contributed by atoms with E-state index in [4.69, 9.17) is 0 Å². The molecule has 1 N–H and O–H groups in total. The molecule has 2 aromatic rings. The number of anilines is 1. The summed E-state index contributed by atoms with van der Waals surface area (Å²) in [6.45, 7) is 10.0. The van der Waals surface area contributed by atoms with E-state index in [-0.39, 0.29) is 10.8 Å². The van der Waals surface area contributed by atoms with Crippen LogP contribution in [0.2, 0.25) is 0 Å². The Morgan fingerprint density at radius 2 is 1.62 bits per heavy atom. The lowest BCUT2D eigenvalue weighted by molar-refractivity contribution is 0.143. The van der Waals surface area contributed by atoms with Crippen LogP contribution < -0.4 is 5.32 Å². The molecule has 1 heterocycles. The zero-order chi connectivity index (χ0) is 20.9. The van der Waals surface area contributed by atoms with E-state index in [1.54, 1.807) is 0 Å². The van der Waals surface area contributed by atoms with Gasteiger partial charge in [0.05, 0.1) is 0 Å². The highest BCUT2D eigenvalue weighted by atomic mass is 32.2. The minimum Gasteiger partial charge on any atom is -0.322 e. The quantitative estimate of drug-likeness (QED) is 0.803. The maximum atomic E-state index is 12.7. The average molecular weight is 414 g/mol. The van der Waals surface area contributed by atoms with Gasteiger partial charge in [0.1, 0.15) is 0 Å². The molecule has 1 fully saturated rings. The van der Waals surface area contributed by atoms with Crippen LogP contribution in [-0.4, -0.2) is 51.0 Å². The highest BCUT2D eigenvalue weighted by molar-refractivity contribution is 7.85. The van der Waals surface area contributed by atoms with Crippen molar-refractivity contribution < 1.29 is 9.00 Å². The number of carbonyl (C=O) groups is 1. The lowest BCUT2D eigenvalue weighted by Crippen LogP contribution is -2.49. The molecule has 1 unspecified atom stereocenters. The Morgan fingerprint density at radius 3 is 2.28 bits per heavy atom. The molecule has 6 heteroatoms. The van der Waals surface area contributed by atoms with Gasteiger partial charge in [-0.2, -0.15) is 0 Å². The Hall–Kier alpha value is -2.18. The van der Waals surface area contributed by atoms with E-state index in [2.05, 4.69) is 34.5 Å². The van der Waals surface area contributed by atoms with Gasteiger partial charge in [-0.3, -0.25) is 9.11 Å². The third-order valence-corrected chi connectivity index (χ3v) is 7.03. The van der Waals surface area contributed by atoms with Crippen LogP contribution in [0.5, 0.6) is 0 Å². The molecule has 1 atom stereocenters. The monoisotopic (exact) mass is 413 g/mol. The number of hydrogen-bond acceptors (Lipinski definition) is 3. The fraction of sp³-hybridized carbons (Fsp3) is 0.435. The van der Waals surface area contributed by atoms with Crippen LogP contribution in [0, 0.1) is 0 Å². The molecule has 0 bridgehead atoms. The largest absolute Gasteiger partial charge is 0.322 e. The summed E-state index contributed by atoms with van der Waals surface area (Å²) in [5.74, 6) is 0.491. The van der Waals surface area contributed by atoms with Crippen LogP contribution in [-0.2, 0) is 23.1 Å². The second-order valence-electron chi connectivity index (χ2n) is 8.48. The standard InChI is InChI=1S/C23H31N3O2S/c1-23(2,3)29(28)18-20-10-7-11-21(16-20)24-22(27)26-14-12-25(13-15-26)17-19-8-5-4-6-9-19/h4-11,16H,12-15,17-18H2,1-3H3,(H,24,27). The van der Waals surface area contributed by atoms with Gasteiger partial charge in [-0.15, -0.1) is 0 Å². The molecule has 0 aliphatic carbocycles. The van der Waals surface area contributed by atoms with Crippen molar-refractivity contribution in [3.63, 3.8) is 0 Å². The molecule has 2 amide bonds. The number of amides is 2. The van der Waals surface area contributed by atoms with E-state index < -0.39 is 10.8 Å². The van der Waals surface area contributed by atoms with Crippen molar-refractivity contribution in [2.75, 3.05) is 31.5 Å². The molecule has 2 aromatic carbocycles. The van der Waals surface area contributed by atoms with E-state index in [1.165, 1.54) is 5.56 Å². The van der Waals surface area contributed by atoms with Crippen LogP contribution >= 0.6 is 0 Å². The molecule has 29 heavy (non-hydrogen) atoms. The second-order valence-corrected chi connectivity index (χ2v) is 10.7. The number of carbonyl (C=O) groups excluding carboxylic acids is 1. The summed E-state index contributed by atoms with van der Waals surface area (Å²) in [6, 6.07) is 18.0. The Labute approximate surface area is 176 Å². The average Bonchev–Trinajstić information content (AvgIpc) is 2.69. The molecule has 0 aromatic heterocycles. The first-order valence-electron chi connectivity index (χ1n) is 10.1. The van der Waals surface area contributed by atoms with Crippen LogP contribution in [0.25, 0.3) is 0 Å². The number of nitrogens with one attached hydrogen (secondary N) is 1. The third-order valence-electron chi connectivity index (χ3n) is 5.07. The van der Waals surface area contributed by atoms with E-state index in [9.17, 15) is 9.00 Å². The Bertz CT molecular complexity index is 841. The summed E-state index contributed by atoms with van der Waals surface area (Å²) >= 11 is 0. The van der Waals surface area contributed by atoms with Gasteiger partial charge in [0.15, 0.2) is 0 Å². The lowest BCUT2D eigenvalue weighted by atomic mass is 10.2. The Balaban J connectivity index is 1.51. The second kappa shape index (κ2) is 9.55. The first-order chi connectivity index (χ1) is 13.8. The van der Waals surface area contributed by atoms with Crippen molar-refractivity contribution in [1.29, 1.82) is 0 Å². The molecule has 1 aliphatic rings. The first kappa shape index (κ1) is 21.5. The number of benzene rings is 2. The Morgan fingerprint density at radius 1 is 0.966 bits per heavy atom. The smallest absolute Gasteiger partial charge is 0.321 e. The number of hydrogen-bond donors (Lipinski definition) is 1. The molecule has 0 spiro atoms. The number of urea groups is 1. The zero-order valence-corrected chi connectivity index (χ0v) is 18.4. The molecule has 0 radical (unpaired) electrons. The van der Waals surface area contributed by atoms with Crippen molar-refractivity contribution >= 4 is 22.5 Å². The minimum atomic E-state index is -0.963. The van der Waals surface area contributed by atoms with Crippen LogP contribution in [0.4, 0.5) is 10.5 Å². The maximum absolute atomic E-state index is 12.7. The van der Waals surface area contributed by atoms with Gasteiger partial charge < -0.3 is 10.2 Å². The minimum absolute atomic E-state index is 0.0709. The normalized spacial score (nSPS) is 16.4. The summed E-state index contributed by atoms with van der Waals surface area (Å²) in [6.07, 6.45) is 0. The fourth-order valence-corrected chi connectivity index (χ4v) is 4.18. The molecule has 1 saturated heterocycles. The summed E-state index contributed by atoms with van der Waals surface area (Å²) in [7, 11) is -0.963. The summed E-state index contributed by atoms with van der Waals surface area (Å²) in [4.78, 5) is 16.9. The topological polar surface area (TPSA) is 52.7 Å². The Kier molecular flexibility index (Phi) is 7.09. The predicted octanol–water partition coefficient (Wildman–Crippen LogP) is 4.08. The van der Waals surface area contributed by atoms with Crippen LogP contribution in [0.1, 0.15) is 31.9 Å².